The quantitative estimate of drug-likeness (QED) is 0.881. The summed E-state index contributed by atoms with van der Waals surface area (Å²) in [5.74, 6) is 1.07. The molecule has 2 rings (SSSR count). The molecular weight excluding hydrogens is 234 g/mol. The average Bonchev–Trinajstić information content (AvgIpc) is 2.81. The molecule has 2 heteroatoms. The zero-order chi connectivity index (χ0) is 14.0. The van der Waals surface area contributed by atoms with Crippen LogP contribution in [0.1, 0.15) is 58.2 Å². The highest BCUT2D eigenvalue weighted by Crippen LogP contribution is 2.30. The summed E-state index contributed by atoms with van der Waals surface area (Å²) in [6.45, 7) is 12.2. The lowest BCUT2D eigenvalue weighted by molar-refractivity contribution is 0.260. The maximum atomic E-state index is 5.58. The third kappa shape index (κ3) is 3.30. The lowest BCUT2D eigenvalue weighted by atomic mass is 9.86. The van der Waals surface area contributed by atoms with Gasteiger partial charge >= 0.3 is 0 Å². The molecule has 2 unspecified atom stereocenters. The normalized spacial score (nSPS) is 17.7. The minimum Gasteiger partial charge on any atom is -0.493 e. The third-order valence-electron chi connectivity index (χ3n) is 4.27. The summed E-state index contributed by atoms with van der Waals surface area (Å²) in [5, 5.41) is 3.77. The van der Waals surface area contributed by atoms with E-state index < -0.39 is 0 Å². The molecule has 2 nitrogen and oxygen atoms in total. The van der Waals surface area contributed by atoms with Crippen molar-refractivity contribution in [1.82, 2.24) is 5.32 Å². The number of hydrogen-bond acceptors (Lipinski definition) is 2. The van der Waals surface area contributed by atoms with Gasteiger partial charge in [0.1, 0.15) is 5.75 Å². The minimum atomic E-state index is 0.285. The summed E-state index contributed by atoms with van der Waals surface area (Å²) in [5.41, 5.74) is 3.04. The molecule has 1 aliphatic rings. The lowest BCUT2D eigenvalue weighted by Gasteiger charge is -2.32. The van der Waals surface area contributed by atoms with E-state index in [0.29, 0.717) is 12.1 Å². The number of hydrogen-bond donors (Lipinski definition) is 1. The van der Waals surface area contributed by atoms with Crippen LogP contribution in [-0.2, 0) is 6.42 Å². The zero-order valence-corrected chi connectivity index (χ0v) is 12.9. The highest BCUT2D eigenvalue weighted by Gasteiger charge is 2.23. The summed E-state index contributed by atoms with van der Waals surface area (Å²) in [7, 11) is 0. The molecule has 19 heavy (non-hydrogen) atoms. The number of ether oxygens (including phenoxy) is 1. The van der Waals surface area contributed by atoms with Crippen LogP contribution < -0.4 is 10.1 Å². The number of fused-ring (bicyclic) bond motifs is 1. The predicted octanol–water partition coefficient (Wildman–Crippen LogP) is 4.10. The van der Waals surface area contributed by atoms with Crippen molar-refractivity contribution in [3.63, 3.8) is 0 Å². The van der Waals surface area contributed by atoms with Gasteiger partial charge in [-0.05, 0) is 36.0 Å². The molecule has 0 saturated heterocycles. The second-order valence-electron chi connectivity index (χ2n) is 6.68. The van der Waals surface area contributed by atoms with Gasteiger partial charge in [-0.25, -0.2) is 0 Å². The maximum Gasteiger partial charge on any atom is 0.122 e. The van der Waals surface area contributed by atoms with Crippen molar-refractivity contribution in [2.24, 2.45) is 5.41 Å². The molecule has 106 valence electrons. The third-order valence-corrected chi connectivity index (χ3v) is 4.27. The number of rotatable bonds is 4. The zero-order valence-electron chi connectivity index (χ0n) is 12.9. The van der Waals surface area contributed by atoms with Gasteiger partial charge in [0, 0.05) is 18.5 Å². The molecule has 1 N–H and O–H groups in total. The fourth-order valence-electron chi connectivity index (χ4n) is 2.42. The first kappa shape index (κ1) is 14.4. The molecule has 0 amide bonds. The molecule has 1 aromatic rings. The standard InChI is InChI=1S/C17H27NO/c1-6-15(18-12(2)17(3,4)5)13-7-8-16-14(11-13)9-10-19-16/h7-8,11-12,15,18H,6,9-10H2,1-5H3. The van der Waals surface area contributed by atoms with Crippen molar-refractivity contribution in [2.45, 2.75) is 59.5 Å². The van der Waals surface area contributed by atoms with Crippen LogP contribution in [0.3, 0.4) is 0 Å². The summed E-state index contributed by atoms with van der Waals surface area (Å²) in [4.78, 5) is 0. The molecule has 0 aliphatic carbocycles. The first-order valence-electron chi connectivity index (χ1n) is 7.43. The van der Waals surface area contributed by atoms with Crippen molar-refractivity contribution in [3.8, 4) is 5.75 Å². The van der Waals surface area contributed by atoms with Crippen molar-refractivity contribution < 1.29 is 4.74 Å². The van der Waals surface area contributed by atoms with E-state index in [1.807, 2.05) is 0 Å². The Balaban J connectivity index is 2.14. The Bertz CT molecular complexity index is 433. The smallest absolute Gasteiger partial charge is 0.122 e. The van der Waals surface area contributed by atoms with Gasteiger partial charge < -0.3 is 10.1 Å². The SMILES string of the molecule is CCC(NC(C)C(C)(C)C)c1ccc2c(c1)CCO2. The molecule has 1 aliphatic heterocycles. The van der Waals surface area contributed by atoms with Crippen LogP contribution >= 0.6 is 0 Å². The van der Waals surface area contributed by atoms with E-state index in [1.54, 1.807) is 0 Å². The molecule has 0 fully saturated rings. The fourth-order valence-corrected chi connectivity index (χ4v) is 2.42. The van der Waals surface area contributed by atoms with Gasteiger partial charge in [-0.2, -0.15) is 0 Å². The largest absolute Gasteiger partial charge is 0.493 e. The molecular formula is C17H27NO. The van der Waals surface area contributed by atoms with Crippen LogP contribution in [-0.4, -0.2) is 12.6 Å². The molecule has 0 saturated carbocycles. The number of nitrogens with one attached hydrogen (secondary N) is 1. The topological polar surface area (TPSA) is 21.3 Å². The van der Waals surface area contributed by atoms with Gasteiger partial charge in [0.2, 0.25) is 0 Å². The summed E-state index contributed by atoms with van der Waals surface area (Å²) >= 11 is 0. The van der Waals surface area contributed by atoms with Crippen LogP contribution in [0, 0.1) is 5.41 Å². The first-order valence-corrected chi connectivity index (χ1v) is 7.43. The van der Waals surface area contributed by atoms with Gasteiger partial charge in [0.05, 0.1) is 6.61 Å². The van der Waals surface area contributed by atoms with Crippen molar-refractivity contribution in [1.29, 1.82) is 0 Å². The van der Waals surface area contributed by atoms with Gasteiger partial charge in [0.15, 0.2) is 0 Å². The Morgan fingerprint density at radius 1 is 1.32 bits per heavy atom. The maximum absolute atomic E-state index is 5.58. The first-order chi connectivity index (χ1) is 8.91. The molecule has 0 bridgehead atoms. The molecule has 0 radical (unpaired) electrons. The second-order valence-corrected chi connectivity index (χ2v) is 6.68. The van der Waals surface area contributed by atoms with E-state index in [-0.39, 0.29) is 5.41 Å². The molecule has 0 spiro atoms. The van der Waals surface area contributed by atoms with E-state index in [0.717, 1.165) is 25.2 Å². The highest BCUT2D eigenvalue weighted by atomic mass is 16.5. The number of benzene rings is 1. The van der Waals surface area contributed by atoms with E-state index in [9.17, 15) is 0 Å². The Kier molecular flexibility index (Phi) is 4.19. The Morgan fingerprint density at radius 3 is 2.68 bits per heavy atom. The van der Waals surface area contributed by atoms with Gasteiger partial charge in [-0.1, -0.05) is 39.8 Å². The van der Waals surface area contributed by atoms with Crippen LogP contribution in [0.25, 0.3) is 0 Å². The van der Waals surface area contributed by atoms with Gasteiger partial charge in [-0.15, -0.1) is 0 Å². The van der Waals surface area contributed by atoms with E-state index in [1.165, 1.54) is 11.1 Å². The molecule has 1 heterocycles. The highest BCUT2D eigenvalue weighted by molar-refractivity contribution is 5.40. The average molecular weight is 261 g/mol. The molecule has 0 aromatic heterocycles. The van der Waals surface area contributed by atoms with Crippen LogP contribution in [0.15, 0.2) is 18.2 Å². The predicted molar refractivity (Wildman–Crippen MR) is 80.7 cm³/mol. The van der Waals surface area contributed by atoms with Crippen LogP contribution in [0.5, 0.6) is 5.75 Å². The van der Waals surface area contributed by atoms with Gasteiger partial charge in [-0.3, -0.25) is 0 Å². The van der Waals surface area contributed by atoms with Crippen molar-refractivity contribution in [2.75, 3.05) is 6.61 Å². The second kappa shape index (κ2) is 5.54. The van der Waals surface area contributed by atoms with E-state index in [4.69, 9.17) is 4.74 Å². The Labute approximate surface area is 117 Å². The van der Waals surface area contributed by atoms with E-state index >= 15 is 0 Å². The van der Waals surface area contributed by atoms with E-state index in [2.05, 4.69) is 58.1 Å². The monoisotopic (exact) mass is 261 g/mol. The molecule has 2 atom stereocenters. The Morgan fingerprint density at radius 2 is 2.05 bits per heavy atom. The summed E-state index contributed by atoms with van der Waals surface area (Å²) in [6.07, 6.45) is 2.16. The molecule has 1 aromatic carbocycles. The summed E-state index contributed by atoms with van der Waals surface area (Å²) in [6, 6.07) is 7.57. The Hall–Kier alpha value is -1.02. The summed E-state index contributed by atoms with van der Waals surface area (Å²) < 4.78 is 5.58. The van der Waals surface area contributed by atoms with Crippen molar-refractivity contribution in [3.05, 3.63) is 29.3 Å². The van der Waals surface area contributed by atoms with Crippen molar-refractivity contribution >= 4 is 0 Å². The van der Waals surface area contributed by atoms with Crippen LogP contribution in [0.2, 0.25) is 0 Å². The lowest BCUT2D eigenvalue weighted by Crippen LogP contribution is -2.39. The minimum absolute atomic E-state index is 0.285. The fraction of sp³-hybridized carbons (Fsp3) is 0.647. The van der Waals surface area contributed by atoms with Gasteiger partial charge in [0.25, 0.3) is 0 Å². The van der Waals surface area contributed by atoms with Crippen LogP contribution in [0.4, 0.5) is 0 Å².